The normalized spacial score (nSPS) is 56.2. The van der Waals surface area contributed by atoms with E-state index < -0.39 is 0 Å². The number of hydrogen-bond acceptors (Lipinski definition) is 1. The van der Waals surface area contributed by atoms with Crippen molar-refractivity contribution in [3.05, 3.63) is 0 Å². The van der Waals surface area contributed by atoms with Gasteiger partial charge in [-0.05, 0) is 61.7 Å². The van der Waals surface area contributed by atoms with E-state index >= 15 is 0 Å². The van der Waals surface area contributed by atoms with Crippen LogP contribution in [0.3, 0.4) is 0 Å². The van der Waals surface area contributed by atoms with Gasteiger partial charge in [0.05, 0.1) is 0 Å². The molecule has 12 heavy (non-hydrogen) atoms. The summed E-state index contributed by atoms with van der Waals surface area (Å²) < 4.78 is 0. The van der Waals surface area contributed by atoms with Gasteiger partial charge >= 0.3 is 0 Å². The lowest BCUT2D eigenvalue weighted by molar-refractivity contribution is 0.142. The molecule has 68 valence electrons. The average molecular weight is 166 g/mol. The number of hydrogen-bond donors (Lipinski definition) is 1. The predicted octanol–water partition coefficient (Wildman–Crippen LogP) is 2.05. The number of aliphatic hydroxyl groups excluding tert-OH is 1. The van der Waals surface area contributed by atoms with Crippen LogP contribution < -0.4 is 0 Å². The highest BCUT2D eigenvalue weighted by Crippen LogP contribution is 2.60. The Labute approximate surface area is 74.2 Å². The summed E-state index contributed by atoms with van der Waals surface area (Å²) in [5, 5.41) is 9.24. The first kappa shape index (κ1) is 7.37. The summed E-state index contributed by atoms with van der Waals surface area (Å²) in [6.45, 7) is 0.463. The Morgan fingerprint density at radius 1 is 1.00 bits per heavy atom. The van der Waals surface area contributed by atoms with Crippen molar-refractivity contribution < 1.29 is 5.11 Å². The van der Waals surface area contributed by atoms with Crippen LogP contribution in [0.15, 0.2) is 0 Å². The van der Waals surface area contributed by atoms with Crippen molar-refractivity contribution in [1.29, 1.82) is 0 Å². The molecular formula is C11H18O. The van der Waals surface area contributed by atoms with Crippen LogP contribution in [0, 0.1) is 29.6 Å². The Kier molecular flexibility index (Phi) is 1.52. The molecule has 0 aliphatic heterocycles. The van der Waals surface area contributed by atoms with Gasteiger partial charge in [0.25, 0.3) is 0 Å². The van der Waals surface area contributed by atoms with Crippen molar-refractivity contribution in [2.75, 3.05) is 6.61 Å². The molecule has 2 bridgehead atoms. The Balaban J connectivity index is 1.85. The molecule has 0 amide bonds. The highest BCUT2D eigenvalue weighted by molar-refractivity contribution is 5.02. The van der Waals surface area contributed by atoms with E-state index in [-0.39, 0.29) is 0 Å². The van der Waals surface area contributed by atoms with Gasteiger partial charge in [0.15, 0.2) is 0 Å². The fourth-order valence-electron chi connectivity index (χ4n) is 4.43. The maximum Gasteiger partial charge on any atom is 0.0462 e. The SMILES string of the molecule is OCC1CCC2C3CCC(C3)C12. The largest absolute Gasteiger partial charge is 0.396 e. The van der Waals surface area contributed by atoms with E-state index in [9.17, 15) is 5.11 Å². The molecular weight excluding hydrogens is 148 g/mol. The van der Waals surface area contributed by atoms with E-state index in [1.807, 2.05) is 0 Å². The van der Waals surface area contributed by atoms with E-state index in [1.54, 1.807) is 0 Å². The van der Waals surface area contributed by atoms with Gasteiger partial charge in [-0.25, -0.2) is 0 Å². The smallest absolute Gasteiger partial charge is 0.0462 e. The van der Waals surface area contributed by atoms with Crippen LogP contribution >= 0.6 is 0 Å². The molecule has 1 N–H and O–H groups in total. The summed E-state index contributed by atoms with van der Waals surface area (Å²) in [6, 6.07) is 0. The van der Waals surface area contributed by atoms with Gasteiger partial charge in [-0.15, -0.1) is 0 Å². The molecule has 0 aromatic heterocycles. The van der Waals surface area contributed by atoms with E-state index in [0.717, 1.165) is 23.7 Å². The second kappa shape index (κ2) is 2.47. The van der Waals surface area contributed by atoms with Gasteiger partial charge < -0.3 is 5.11 Å². The lowest BCUT2D eigenvalue weighted by Crippen LogP contribution is -2.23. The van der Waals surface area contributed by atoms with E-state index in [1.165, 1.54) is 32.1 Å². The van der Waals surface area contributed by atoms with Gasteiger partial charge in [-0.2, -0.15) is 0 Å². The first-order valence-corrected chi connectivity index (χ1v) is 5.51. The van der Waals surface area contributed by atoms with Gasteiger partial charge in [0.1, 0.15) is 0 Å². The molecule has 1 heteroatoms. The van der Waals surface area contributed by atoms with Crippen LogP contribution in [0.2, 0.25) is 0 Å². The third-order valence-electron chi connectivity index (χ3n) is 4.81. The first-order valence-electron chi connectivity index (χ1n) is 5.51. The minimum Gasteiger partial charge on any atom is -0.396 e. The molecule has 5 atom stereocenters. The Morgan fingerprint density at radius 2 is 1.83 bits per heavy atom. The zero-order valence-corrected chi connectivity index (χ0v) is 7.58. The van der Waals surface area contributed by atoms with Crippen molar-refractivity contribution in [2.24, 2.45) is 29.6 Å². The van der Waals surface area contributed by atoms with Crippen LogP contribution in [0.25, 0.3) is 0 Å². The fourth-order valence-corrected chi connectivity index (χ4v) is 4.43. The molecule has 0 aromatic carbocycles. The fraction of sp³-hybridized carbons (Fsp3) is 1.00. The summed E-state index contributed by atoms with van der Waals surface area (Å²) >= 11 is 0. The molecule has 0 radical (unpaired) electrons. The van der Waals surface area contributed by atoms with Crippen molar-refractivity contribution in [2.45, 2.75) is 32.1 Å². The van der Waals surface area contributed by atoms with Crippen LogP contribution in [0.5, 0.6) is 0 Å². The van der Waals surface area contributed by atoms with Crippen molar-refractivity contribution >= 4 is 0 Å². The number of fused-ring (bicyclic) bond motifs is 5. The van der Waals surface area contributed by atoms with Crippen molar-refractivity contribution in [3.63, 3.8) is 0 Å². The molecule has 3 fully saturated rings. The molecule has 1 nitrogen and oxygen atoms in total. The van der Waals surface area contributed by atoms with Crippen LogP contribution in [0.4, 0.5) is 0 Å². The number of rotatable bonds is 1. The minimum absolute atomic E-state index is 0.463. The summed E-state index contributed by atoms with van der Waals surface area (Å²) in [5.74, 6) is 4.73. The monoisotopic (exact) mass is 166 g/mol. The van der Waals surface area contributed by atoms with Crippen LogP contribution in [0.1, 0.15) is 32.1 Å². The molecule has 0 aromatic rings. The average Bonchev–Trinajstić information content (AvgIpc) is 2.76. The zero-order valence-electron chi connectivity index (χ0n) is 7.58. The topological polar surface area (TPSA) is 20.2 Å². The van der Waals surface area contributed by atoms with Gasteiger partial charge in [0, 0.05) is 6.61 Å². The third-order valence-corrected chi connectivity index (χ3v) is 4.81. The Bertz CT molecular complexity index is 187. The first-order chi connectivity index (χ1) is 5.90. The molecule has 0 spiro atoms. The molecule has 5 unspecified atom stereocenters. The van der Waals surface area contributed by atoms with Crippen molar-refractivity contribution in [1.82, 2.24) is 0 Å². The van der Waals surface area contributed by atoms with Crippen LogP contribution in [-0.2, 0) is 0 Å². The van der Waals surface area contributed by atoms with Gasteiger partial charge in [-0.3, -0.25) is 0 Å². The van der Waals surface area contributed by atoms with E-state index in [0.29, 0.717) is 12.5 Å². The Morgan fingerprint density at radius 3 is 2.67 bits per heavy atom. The molecule has 3 aliphatic rings. The summed E-state index contributed by atoms with van der Waals surface area (Å²) in [5.41, 5.74) is 0. The molecule has 0 heterocycles. The second-order valence-corrected chi connectivity index (χ2v) is 5.09. The van der Waals surface area contributed by atoms with Gasteiger partial charge in [-0.1, -0.05) is 0 Å². The van der Waals surface area contributed by atoms with E-state index in [2.05, 4.69) is 0 Å². The third kappa shape index (κ3) is 0.783. The molecule has 3 aliphatic carbocycles. The molecule has 0 saturated heterocycles. The van der Waals surface area contributed by atoms with Gasteiger partial charge in [0.2, 0.25) is 0 Å². The standard InChI is InChI=1S/C11H18O/c12-6-9-3-4-10-7-1-2-8(5-7)11(9)10/h7-12H,1-6H2. The lowest BCUT2D eigenvalue weighted by atomic mass is 9.78. The Hall–Kier alpha value is -0.0400. The summed E-state index contributed by atoms with van der Waals surface area (Å²) in [7, 11) is 0. The maximum atomic E-state index is 9.24. The number of aliphatic hydroxyl groups is 1. The zero-order chi connectivity index (χ0) is 8.13. The maximum absolute atomic E-state index is 9.24. The highest BCUT2D eigenvalue weighted by Gasteiger charge is 2.52. The molecule has 3 rings (SSSR count). The van der Waals surface area contributed by atoms with Crippen LogP contribution in [-0.4, -0.2) is 11.7 Å². The summed E-state index contributed by atoms with van der Waals surface area (Å²) in [4.78, 5) is 0. The predicted molar refractivity (Wildman–Crippen MR) is 47.6 cm³/mol. The van der Waals surface area contributed by atoms with E-state index in [4.69, 9.17) is 0 Å². The van der Waals surface area contributed by atoms with Crippen molar-refractivity contribution in [3.8, 4) is 0 Å². The summed E-state index contributed by atoms with van der Waals surface area (Å²) in [6.07, 6.45) is 7.23. The second-order valence-electron chi connectivity index (χ2n) is 5.09. The quantitative estimate of drug-likeness (QED) is 0.632. The lowest BCUT2D eigenvalue weighted by Gasteiger charge is -2.27. The minimum atomic E-state index is 0.463. The molecule has 3 saturated carbocycles. The highest BCUT2D eigenvalue weighted by atomic mass is 16.3.